The number of hydrogen-bond acceptors (Lipinski definition) is 3. The minimum absolute atomic E-state index is 0.137. The van der Waals surface area contributed by atoms with Crippen molar-refractivity contribution in [3.05, 3.63) is 23.3 Å². The van der Waals surface area contributed by atoms with E-state index in [1.165, 1.54) is 18.1 Å². The van der Waals surface area contributed by atoms with Gasteiger partial charge in [-0.1, -0.05) is 23.3 Å². The van der Waals surface area contributed by atoms with Crippen LogP contribution in [-0.4, -0.2) is 23.3 Å². The van der Waals surface area contributed by atoms with Gasteiger partial charge in [0.05, 0.1) is 0 Å². The predicted octanol–water partition coefficient (Wildman–Crippen LogP) is 4.16. The lowest BCUT2D eigenvalue weighted by molar-refractivity contribution is -0.150. The van der Waals surface area contributed by atoms with Crippen LogP contribution in [0.25, 0.3) is 0 Å². The average molecular weight is 294 g/mol. The molecule has 120 valence electrons. The van der Waals surface area contributed by atoms with Crippen LogP contribution >= 0.6 is 0 Å². The predicted molar refractivity (Wildman–Crippen MR) is 86.0 cm³/mol. The van der Waals surface area contributed by atoms with Gasteiger partial charge in [0.1, 0.15) is 12.2 Å². The SMILES string of the molecule is CC(=O)OCC(O)(CC/C=C(\C)CCC=C(C)C)C1CC1. The maximum atomic E-state index is 10.9. The third-order valence-corrected chi connectivity index (χ3v) is 4.02. The van der Waals surface area contributed by atoms with Crippen molar-refractivity contribution in [2.75, 3.05) is 6.61 Å². The molecule has 0 amide bonds. The van der Waals surface area contributed by atoms with E-state index in [1.54, 1.807) is 0 Å². The molecule has 1 unspecified atom stereocenters. The summed E-state index contributed by atoms with van der Waals surface area (Å²) in [5, 5.41) is 10.6. The van der Waals surface area contributed by atoms with Gasteiger partial charge in [0.2, 0.25) is 0 Å². The number of allylic oxidation sites excluding steroid dienone is 4. The van der Waals surface area contributed by atoms with Crippen LogP contribution in [0.1, 0.15) is 66.2 Å². The van der Waals surface area contributed by atoms with Gasteiger partial charge in [-0.25, -0.2) is 0 Å². The first kappa shape index (κ1) is 18.0. The molecule has 0 spiro atoms. The Morgan fingerprint density at radius 2 is 1.86 bits per heavy atom. The molecule has 1 rings (SSSR count). The maximum absolute atomic E-state index is 10.9. The number of hydrogen-bond donors (Lipinski definition) is 1. The fourth-order valence-electron chi connectivity index (χ4n) is 2.50. The number of rotatable bonds is 9. The molecule has 0 radical (unpaired) electrons. The summed E-state index contributed by atoms with van der Waals surface area (Å²) in [4.78, 5) is 10.9. The highest BCUT2D eigenvalue weighted by Crippen LogP contribution is 2.42. The standard InChI is InChI=1S/C18H30O3/c1-14(2)7-5-8-15(3)9-6-12-18(20,17-10-11-17)13-21-16(4)19/h7,9,17,20H,5-6,8,10-13H2,1-4H3/b15-9+. The molecular weight excluding hydrogens is 264 g/mol. The summed E-state index contributed by atoms with van der Waals surface area (Å²) in [6.45, 7) is 7.90. The first-order chi connectivity index (χ1) is 9.83. The molecule has 0 saturated heterocycles. The van der Waals surface area contributed by atoms with Gasteiger partial charge in [-0.2, -0.15) is 0 Å². The molecule has 1 N–H and O–H groups in total. The summed E-state index contributed by atoms with van der Waals surface area (Å²) in [5.41, 5.74) is 1.88. The van der Waals surface area contributed by atoms with Crippen molar-refractivity contribution in [2.45, 2.75) is 71.8 Å². The first-order valence-electron chi connectivity index (χ1n) is 7.98. The minimum Gasteiger partial charge on any atom is -0.463 e. The summed E-state index contributed by atoms with van der Waals surface area (Å²) < 4.78 is 5.04. The van der Waals surface area contributed by atoms with E-state index in [-0.39, 0.29) is 12.6 Å². The quantitative estimate of drug-likeness (QED) is 0.513. The summed E-state index contributed by atoms with van der Waals surface area (Å²) in [7, 11) is 0. The molecule has 0 aromatic rings. The zero-order chi connectivity index (χ0) is 15.9. The van der Waals surface area contributed by atoms with E-state index in [1.807, 2.05) is 0 Å². The van der Waals surface area contributed by atoms with Crippen LogP contribution < -0.4 is 0 Å². The molecular formula is C18H30O3. The van der Waals surface area contributed by atoms with Gasteiger partial charge >= 0.3 is 5.97 Å². The zero-order valence-electron chi connectivity index (χ0n) is 13.9. The van der Waals surface area contributed by atoms with Gasteiger partial charge in [-0.15, -0.1) is 0 Å². The fraction of sp³-hybridized carbons (Fsp3) is 0.722. The van der Waals surface area contributed by atoms with Crippen LogP contribution in [0, 0.1) is 5.92 Å². The van der Waals surface area contributed by atoms with Crippen LogP contribution in [0.4, 0.5) is 0 Å². The number of carbonyl (C=O) groups is 1. The molecule has 0 heterocycles. The molecule has 0 aromatic carbocycles. The van der Waals surface area contributed by atoms with E-state index in [0.29, 0.717) is 12.3 Å². The average Bonchev–Trinajstić information content (AvgIpc) is 3.20. The normalized spacial score (nSPS) is 18.0. The lowest BCUT2D eigenvalue weighted by Crippen LogP contribution is -2.37. The minimum atomic E-state index is -0.831. The Hall–Kier alpha value is -1.09. The Bertz CT molecular complexity index is 401. The Kier molecular flexibility index (Phi) is 7.16. The Labute approximate surface area is 129 Å². The van der Waals surface area contributed by atoms with Crippen molar-refractivity contribution in [1.29, 1.82) is 0 Å². The molecule has 3 nitrogen and oxygen atoms in total. The molecule has 0 aliphatic heterocycles. The Balaban J connectivity index is 2.39. The topological polar surface area (TPSA) is 46.5 Å². The van der Waals surface area contributed by atoms with E-state index >= 15 is 0 Å². The van der Waals surface area contributed by atoms with Crippen LogP contribution in [0.15, 0.2) is 23.3 Å². The third-order valence-electron chi connectivity index (χ3n) is 4.02. The van der Waals surface area contributed by atoms with Gasteiger partial charge in [-0.3, -0.25) is 4.79 Å². The molecule has 0 aromatic heterocycles. The molecule has 1 fully saturated rings. The second-order valence-electron chi connectivity index (χ2n) is 6.57. The van der Waals surface area contributed by atoms with Crippen molar-refractivity contribution >= 4 is 5.97 Å². The van der Waals surface area contributed by atoms with Crippen LogP contribution in [0.5, 0.6) is 0 Å². The van der Waals surface area contributed by atoms with Crippen LogP contribution in [0.3, 0.4) is 0 Å². The van der Waals surface area contributed by atoms with Crippen molar-refractivity contribution in [2.24, 2.45) is 5.92 Å². The highest BCUT2D eigenvalue weighted by Gasteiger charge is 2.44. The summed E-state index contributed by atoms with van der Waals surface area (Å²) in [5.74, 6) is -0.0150. The summed E-state index contributed by atoms with van der Waals surface area (Å²) in [6.07, 6.45) is 10.2. The molecule has 1 atom stereocenters. The largest absolute Gasteiger partial charge is 0.463 e. The summed E-state index contributed by atoms with van der Waals surface area (Å²) in [6, 6.07) is 0. The molecule has 1 aliphatic rings. The second-order valence-corrected chi connectivity index (χ2v) is 6.57. The lowest BCUT2D eigenvalue weighted by atomic mass is 9.92. The van der Waals surface area contributed by atoms with E-state index in [9.17, 15) is 9.90 Å². The molecule has 0 bridgehead atoms. The fourth-order valence-corrected chi connectivity index (χ4v) is 2.50. The van der Waals surface area contributed by atoms with Gasteiger partial charge in [0.25, 0.3) is 0 Å². The number of aliphatic hydroxyl groups is 1. The Morgan fingerprint density at radius 1 is 1.19 bits per heavy atom. The van der Waals surface area contributed by atoms with Gasteiger partial charge in [0, 0.05) is 6.92 Å². The van der Waals surface area contributed by atoms with E-state index in [4.69, 9.17) is 4.74 Å². The van der Waals surface area contributed by atoms with Gasteiger partial charge in [0.15, 0.2) is 0 Å². The van der Waals surface area contributed by atoms with Crippen LogP contribution in [0.2, 0.25) is 0 Å². The maximum Gasteiger partial charge on any atom is 0.302 e. The number of esters is 1. The van der Waals surface area contributed by atoms with Gasteiger partial charge < -0.3 is 9.84 Å². The van der Waals surface area contributed by atoms with E-state index < -0.39 is 5.60 Å². The van der Waals surface area contributed by atoms with E-state index in [0.717, 1.165) is 32.1 Å². The van der Waals surface area contributed by atoms with Gasteiger partial charge in [-0.05, 0) is 65.2 Å². The number of carbonyl (C=O) groups excluding carboxylic acids is 1. The first-order valence-corrected chi connectivity index (χ1v) is 7.98. The number of ether oxygens (including phenoxy) is 1. The smallest absolute Gasteiger partial charge is 0.302 e. The van der Waals surface area contributed by atoms with Crippen molar-refractivity contribution in [3.8, 4) is 0 Å². The molecule has 1 saturated carbocycles. The second kappa shape index (κ2) is 8.38. The Morgan fingerprint density at radius 3 is 2.38 bits per heavy atom. The van der Waals surface area contributed by atoms with Crippen molar-refractivity contribution < 1.29 is 14.6 Å². The summed E-state index contributed by atoms with van der Waals surface area (Å²) >= 11 is 0. The molecule has 3 heteroatoms. The zero-order valence-corrected chi connectivity index (χ0v) is 13.9. The van der Waals surface area contributed by atoms with Crippen molar-refractivity contribution in [1.82, 2.24) is 0 Å². The third kappa shape index (κ3) is 7.47. The lowest BCUT2D eigenvalue weighted by Gasteiger charge is -2.27. The highest BCUT2D eigenvalue weighted by molar-refractivity contribution is 5.65. The monoisotopic (exact) mass is 294 g/mol. The van der Waals surface area contributed by atoms with Crippen LogP contribution in [-0.2, 0) is 9.53 Å². The van der Waals surface area contributed by atoms with Crippen molar-refractivity contribution in [3.63, 3.8) is 0 Å². The molecule has 1 aliphatic carbocycles. The molecule has 21 heavy (non-hydrogen) atoms. The van der Waals surface area contributed by atoms with E-state index in [2.05, 4.69) is 32.9 Å². The highest BCUT2D eigenvalue weighted by atomic mass is 16.5.